The van der Waals surface area contributed by atoms with Gasteiger partial charge in [0.05, 0.1) is 0 Å². The average molecular weight is 259 g/mol. The normalized spacial score (nSPS) is 28.1. The van der Waals surface area contributed by atoms with Gasteiger partial charge >= 0.3 is 6.09 Å². The maximum absolute atomic E-state index is 12.4. The van der Waals surface area contributed by atoms with Gasteiger partial charge in [0, 0.05) is 5.92 Å². The third kappa shape index (κ3) is 2.01. The Bertz CT molecular complexity index is 523. The van der Waals surface area contributed by atoms with Crippen LogP contribution < -0.4 is 0 Å². The van der Waals surface area contributed by atoms with Gasteiger partial charge in [-0.15, -0.1) is 0 Å². The van der Waals surface area contributed by atoms with Crippen LogP contribution >= 0.6 is 0 Å². The molecule has 1 aliphatic heterocycles. The molecule has 0 unspecified atom stereocenters. The molecule has 3 rings (SSSR count). The Labute approximate surface area is 112 Å². The number of amides is 2. The van der Waals surface area contributed by atoms with E-state index in [1.165, 1.54) is 4.90 Å². The second-order valence-corrected chi connectivity index (χ2v) is 5.96. The Balaban J connectivity index is 1.86. The molecule has 0 spiro atoms. The van der Waals surface area contributed by atoms with Crippen LogP contribution in [-0.2, 0) is 9.53 Å². The van der Waals surface area contributed by atoms with Crippen molar-refractivity contribution in [3.63, 3.8) is 0 Å². The number of nitrogens with zero attached hydrogens (tertiary/aromatic N) is 1. The second-order valence-electron chi connectivity index (χ2n) is 5.96. The summed E-state index contributed by atoms with van der Waals surface area (Å²) in [5, 5.41) is 0. The maximum atomic E-state index is 12.4. The molecule has 1 heterocycles. The van der Waals surface area contributed by atoms with Crippen molar-refractivity contribution < 1.29 is 14.3 Å². The van der Waals surface area contributed by atoms with Gasteiger partial charge in [0.25, 0.3) is 0 Å². The lowest BCUT2D eigenvalue weighted by atomic mass is 10.1. The molecule has 0 aromatic heterocycles. The number of cyclic esters (lactones) is 1. The quantitative estimate of drug-likeness (QED) is 0.820. The van der Waals surface area contributed by atoms with Crippen LogP contribution in [0.25, 0.3) is 0 Å². The first-order valence-corrected chi connectivity index (χ1v) is 6.55. The average Bonchev–Trinajstić information content (AvgIpc) is 2.86. The monoisotopic (exact) mass is 259 g/mol. The molecule has 1 aromatic rings. The van der Waals surface area contributed by atoms with Crippen molar-refractivity contribution in [1.82, 2.24) is 4.90 Å². The number of hydrogen-bond donors (Lipinski definition) is 0. The van der Waals surface area contributed by atoms with Crippen molar-refractivity contribution in [2.24, 2.45) is 11.3 Å². The van der Waals surface area contributed by atoms with Gasteiger partial charge < -0.3 is 4.74 Å². The van der Waals surface area contributed by atoms with Gasteiger partial charge in [0.2, 0.25) is 5.91 Å². The summed E-state index contributed by atoms with van der Waals surface area (Å²) in [7, 11) is 0. The molecular weight excluding hydrogens is 242 g/mol. The molecule has 4 heteroatoms. The first-order chi connectivity index (χ1) is 9.00. The van der Waals surface area contributed by atoms with Gasteiger partial charge in [-0.25, -0.2) is 9.69 Å². The lowest BCUT2D eigenvalue weighted by Crippen LogP contribution is -2.36. The minimum atomic E-state index is -0.512. The highest BCUT2D eigenvalue weighted by atomic mass is 16.6. The van der Waals surface area contributed by atoms with Crippen molar-refractivity contribution in [1.29, 1.82) is 0 Å². The fraction of sp³-hybridized carbons (Fsp3) is 0.467. The number of carbonyl (C=O) groups excluding carboxylic acids is 2. The highest BCUT2D eigenvalue weighted by Crippen LogP contribution is 2.53. The van der Waals surface area contributed by atoms with E-state index < -0.39 is 6.09 Å². The van der Waals surface area contributed by atoms with E-state index in [0.29, 0.717) is 0 Å². The molecular formula is C15H17NO3. The molecule has 2 fully saturated rings. The summed E-state index contributed by atoms with van der Waals surface area (Å²) in [6, 6.07) is 9.29. The van der Waals surface area contributed by atoms with Gasteiger partial charge in [-0.2, -0.15) is 0 Å². The molecule has 1 aromatic carbocycles. The van der Waals surface area contributed by atoms with Crippen molar-refractivity contribution in [3.05, 3.63) is 35.9 Å². The summed E-state index contributed by atoms with van der Waals surface area (Å²) >= 11 is 0. The van der Waals surface area contributed by atoms with Crippen LogP contribution in [0.1, 0.15) is 31.9 Å². The van der Waals surface area contributed by atoms with Crippen LogP contribution in [0.4, 0.5) is 4.79 Å². The number of benzene rings is 1. The molecule has 2 atom stereocenters. The Morgan fingerprint density at radius 2 is 1.95 bits per heavy atom. The van der Waals surface area contributed by atoms with Crippen molar-refractivity contribution in [3.8, 4) is 0 Å². The molecule has 0 bridgehead atoms. The van der Waals surface area contributed by atoms with Crippen molar-refractivity contribution in [2.45, 2.75) is 26.3 Å². The standard InChI is InChI=1S/C15H17NO3/c1-15(2)8-11(15)13(17)16-12(9-19-14(16)18)10-6-4-3-5-7-10/h3-7,11-12H,8-9H2,1-2H3/t11-,12-/m0/s1. The first kappa shape index (κ1) is 12.2. The van der Waals surface area contributed by atoms with E-state index >= 15 is 0 Å². The van der Waals surface area contributed by atoms with E-state index in [2.05, 4.69) is 13.8 Å². The van der Waals surface area contributed by atoms with Crippen molar-refractivity contribution >= 4 is 12.0 Å². The minimum absolute atomic E-state index is 0.0151. The van der Waals surface area contributed by atoms with E-state index in [-0.39, 0.29) is 29.9 Å². The van der Waals surface area contributed by atoms with E-state index in [1.807, 2.05) is 30.3 Å². The number of imide groups is 1. The van der Waals surface area contributed by atoms with Crippen LogP contribution in [0.3, 0.4) is 0 Å². The van der Waals surface area contributed by atoms with Crippen LogP contribution in [-0.4, -0.2) is 23.5 Å². The van der Waals surface area contributed by atoms with Gasteiger partial charge in [0.15, 0.2) is 0 Å². The summed E-state index contributed by atoms with van der Waals surface area (Å²) < 4.78 is 5.07. The number of hydrogen-bond acceptors (Lipinski definition) is 3. The highest BCUT2D eigenvalue weighted by Gasteiger charge is 2.55. The second kappa shape index (κ2) is 4.08. The summed E-state index contributed by atoms with van der Waals surface area (Å²) in [5.74, 6) is -0.147. The lowest BCUT2D eigenvalue weighted by molar-refractivity contribution is -0.131. The zero-order valence-corrected chi connectivity index (χ0v) is 11.1. The Morgan fingerprint density at radius 3 is 2.53 bits per heavy atom. The third-order valence-corrected chi connectivity index (χ3v) is 4.11. The zero-order valence-electron chi connectivity index (χ0n) is 11.1. The maximum Gasteiger partial charge on any atom is 0.417 e. The van der Waals surface area contributed by atoms with E-state index in [4.69, 9.17) is 4.74 Å². The van der Waals surface area contributed by atoms with E-state index in [1.54, 1.807) is 0 Å². The smallest absolute Gasteiger partial charge is 0.417 e. The molecule has 19 heavy (non-hydrogen) atoms. The Hall–Kier alpha value is -1.84. The van der Waals surface area contributed by atoms with Gasteiger partial charge in [-0.05, 0) is 17.4 Å². The first-order valence-electron chi connectivity index (χ1n) is 6.55. The summed E-state index contributed by atoms with van der Waals surface area (Å²) in [6.07, 6.45) is 0.332. The van der Waals surface area contributed by atoms with Crippen molar-refractivity contribution in [2.75, 3.05) is 6.61 Å². The predicted octanol–water partition coefficient (Wildman–Crippen LogP) is 2.75. The summed E-state index contributed by atoms with van der Waals surface area (Å²) in [4.78, 5) is 25.6. The minimum Gasteiger partial charge on any atom is -0.446 e. The lowest BCUT2D eigenvalue weighted by Gasteiger charge is -2.20. The molecule has 100 valence electrons. The molecule has 0 radical (unpaired) electrons. The van der Waals surface area contributed by atoms with E-state index in [0.717, 1.165) is 12.0 Å². The number of carbonyl (C=O) groups is 2. The Kier molecular flexibility index (Phi) is 2.62. The largest absolute Gasteiger partial charge is 0.446 e. The van der Waals surface area contributed by atoms with Crippen LogP contribution in [0, 0.1) is 11.3 Å². The predicted molar refractivity (Wildman–Crippen MR) is 69.3 cm³/mol. The molecule has 1 saturated carbocycles. The van der Waals surface area contributed by atoms with Gasteiger partial charge in [-0.1, -0.05) is 44.2 Å². The summed E-state index contributed by atoms with van der Waals surface area (Å²) in [6.45, 7) is 4.35. The fourth-order valence-electron chi connectivity index (χ4n) is 2.64. The zero-order chi connectivity index (χ0) is 13.6. The molecule has 1 aliphatic carbocycles. The molecule has 2 amide bonds. The SMILES string of the molecule is CC1(C)C[C@H]1C(=O)N1C(=O)OC[C@H]1c1ccccc1. The third-order valence-electron chi connectivity index (χ3n) is 4.11. The topological polar surface area (TPSA) is 46.6 Å². The summed E-state index contributed by atoms with van der Waals surface area (Å²) in [5.41, 5.74) is 0.960. The van der Waals surface area contributed by atoms with Gasteiger partial charge in [-0.3, -0.25) is 4.79 Å². The molecule has 0 N–H and O–H groups in total. The van der Waals surface area contributed by atoms with Gasteiger partial charge in [0.1, 0.15) is 12.6 Å². The molecule has 4 nitrogen and oxygen atoms in total. The Morgan fingerprint density at radius 1 is 1.32 bits per heavy atom. The van der Waals surface area contributed by atoms with Crippen LogP contribution in [0.5, 0.6) is 0 Å². The van der Waals surface area contributed by atoms with Crippen LogP contribution in [0.15, 0.2) is 30.3 Å². The highest BCUT2D eigenvalue weighted by molar-refractivity contribution is 5.96. The fourth-order valence-corrected chi connectivity index (χ4v) is 2.64. The van der Waals surface area contributed by atoms with E-state index in [9.17, 15) is 9.59 Å². The molecule has 1 saturated heterocycles. The number of rotatable bonds is 2. The number of ether oxygens (including phenoxy) is 1. The van der Waals surface area contributed by atoms with Crippen LogP contribution in [0.2, 0.25) is 0 Å². The molecule has 2 aliphatic rings.